The topological polar surface area (TPSA) is 16.4 Å². The van der Waals surface area contributed by atoms with Crippen LogP contribution in [-0.4, -0.2) is 25.4 Å². The first-order valence-corrected chi connectivity index (χ1v) is 3.88. The van der Waals surface area contributed by atoms with Gasteiger partial charge in [0.25, 0.3) is 0 Å². The van der Waals surface area contributed by atoms with Crippen molar-refractivity contribution in [3.63, 3.8) is 0 Å². The second-order valence-electron chi connectivity index (χ2n) is 3.04. The van der Waals surface area contributed by atoms with E-state index in [0.29, 0.717) is 0 Å². The van der Waals surface area contributed by atoms with Gasteiger partial charge in [0.05, 0.1) is 12.5 Å². The molecule has 0 fully saturated rings. The zero-order valence-electron chi connectivity index (χ0n) is 7.21. The van der Waals surface area contributed by atoms with Crippen molar-refractivity contribution < 1.29 is 17.4 Å². The zero-order chi connectivity index (χ0) is 9.90. The molecule has 0 amide bonds. The SMILES string of the molecule is CN(Cc1ccoc1)C[B-](F)(F)F. The molecule has 0 aliphatic rings. The quantitative estimate of drug-likeness (QED) is 0.679. The van der Waals surface area contributed by atoms with Gasteiger partial charge < -0.3 is 22.3 Å². The van der Waals surface area contributed by atoms with E-state index >= 15 is 0 Å². The van der Waals surface area contributed by atoms with Gasteiger partial charge in [-0.1, -0.05) is 0 Å². The summed E-state index contributed by atoms with van der Waals surface area (Å²) in [6.45, 7) is -4.47. The van der Waals surface area contributed by atoms with E-state index in [4.69, 9.17) is 4.42 Å². The third-order valence-corrected chi connectivity index (χ3v) is 1.55. The van der Waals surface area contributed by atoms with Crippen LogP contribution in [0.2, 0.25) is 0 Å². The second kappa shape index (κ2) is 3.87. The Bertz CT molecular complexity index is 247. The van der Waals surface area contributed by atoms with Gasteiger partial charge in [0.1, 0.15) is 0 Å². The number of hydrogen-bond acceptors (Lipinski definition) is 2. The first-order chi connectivity index (χ1) is 5.97. The third kappa shape index (κ3) is 4.03. The normalized spacial score (nSPS) is 12.4. The van der Waals surface area contributed by atoms with Crippen molar-refractivity contribution in [1.29, 1.82) is 0 Å². The van der Waals surface area contributed by atoms with Crippen molar-refractivity contribution in [2.75, 3.05) is 13.5 Å². The Balaban J connectivity index is 2.38. The van der Waals surface area contributed by atoms with Crippen molar-refractivity contribution in [3.05, 3.63) is 24.2 Å². The molecule has 74 valence electrons. The number of nitrogens with zero attached hydrogens (tertiary/aromatic N) is 1. The maximum atomic E-state index is 11.9. The van der Waals surface area contributed by atoms with Crippen LogP contribution >= 0.6 is 0 Å². The molecular formula is C7H10BF3NO-. The molecule has 6 heteroatoms. The number of furan rings is 1. The van der Waals surface area contributed by atoms with Gasteiger partial charge in [-0.3, -0.25) is 0 Å². The number of hydrogen-bond donors (Lipinski definition) is 0. The summed E-state index contributed by atoms with van der Waals surface area (Å²) in [6.07, 6.45) is 2.05. The standard InChI is InChI=1S/C7H10BF3NO/c1-12(6-8(9,10)11)4-7-2-3-13-5-7/h2-3,5H,4,6H2,1H3/q-1. The van der Waals surface area contributed by atoms with Crippen molar-refractivity contribution >= 4 is 6.98 Å². The van der Waals surface area contributed by atoms with Crippen LogP contribution < -0.4 is 0 Å². The van der Waals surface area contributed by atoms with Gasteiger partial charge in [-0.05, 0) is 19.6 Å². The lowest BCUT2D eigenvalue weighted by molar-refractivity contribution is 0.321. The van der Waals surface area contributed by atoms with Crippen molar-refractivity contribution in [3.8, 4) is 0 Å². The van der Waals surface area contributed by atoms with Crippen LogP contribution in [0.15, 0.2) is 23.0 Å². The highest BCUT2D eigenvalue weighted by Crippen LogP contribution is 2.11. The van der Waals surface area contributed by atoms with Crippen LogP contribution in [-0.2, 0) is 6.54 Å². The minimum atomic E-state index is -4.73. The molecule has 0 saturated heterocycles. The summed E-state index contributed by atoms with van der Waals surface area (Å²) in [5.74, 6) is 0. The molecule has 0 aromatic carbocycles. The van der Waals surface area contributed by atoms with E-state index in [1.807, 2.05) is 0 Å². The summed E-state index contributed by atoms with van der Waals surface area (Å²) in [7, 11) is 1.43. The first kappa shape index (κ1) is 10.2. The molecular weight excluding hydrogens is 182 g/mol. The fourth-order valence-corrected chi connectivity index (χ4v) is 1.11. The van der Waals surface area contributed by atoms with E-state index in [1.54, 1.807) is 6.07 Å². The fraction of sp³-hybridized carbons (Fsp3) is 0.429. The van der Waals surface area contributed by atoms with Crippen LogP contribution in [0.5, 0.6) is 0 Å². The van der Waals surface area contributed by atoms with E-state index in [0.717, 1.165) is 5.56 Å². The lowest BCUT2D eigenvalue weighted by atomic mass is 9.91. The van der Waals surface area contributed by atoms with E-state index in [2.05, 4.69) is 0 Å². The van der Waals surface area contributed by atoms with Crippen LogP contribution in [0.1, 0.15) is 5.56 Å². The van der Waals surface area contributed by atoms with Gasteiger partial charge in [0.15, 0.2) is 0 Å². The molecule has 1 heterocycles. The Labute approximate surface area is 74.4 Å². The van der Waals surface area contributed by atoms with Crippen LogP contribution in [0.25, 0.3) is 0 Å². The Kier molecular flexibility index (Phi) is 3.03. The maximum Gasteiger partial charge on any atom is 0.492 e. The molecule has 0 spiro atoms. The Morgan fingerprint density at radius 2 is 2.15 bits per heavy atom. The molecule has 0 aliphatic heterocycles. The Morgan fingerprint density at radius 1 is 1.46 bits per heavy atom. The summed E-state index contributed by atoms with van der Waals surface area (Å²) >= 11 is 0. The average molecular weight is 192 g/mol. The summed E-state index contributed by atoms with van der Waals surface area (Å²) in [4.78, 5) is 1.21. The van der Waals surface area contributed by atoms with E-state index < -0.39 is 13.4 Å². The maximum absolute atomic E-state index is 11.9. The lowest BCUT2D eigenvalue weighted by Gasteiger charge is -2.22. The molecule has 1 rings (SSSR count). The van der Waals surface area contributed by atoms with Gasteiger partial charge in [0, 0.05) is 12.1 Å². The first-order valence-electron chi connectivity index (χ1n) is 3.88. The van der Waals surface area contributed by atoms with Crippen LogP contribution in [0.4, 0.5) is 12.9 Å². The molecule has 0 bridgehead atoms. The van der Waals surface area contributed by atoms with Gasteiger partial charge in [-0.25, -0.2) is 0 Å². The lowest BCUT2D eigenvalue weighted by Crippen LogP contribution is -2.34. The van der Waals surface area contributed by atoms with Gasteiger partial charge in [-0.2, -0.15) is 0 Å². The average Bonchev–Trinajstić information content (AvgIpc) is 2.34. The Morgan fingerprint density at radius 3 is 2.62 bits per heavy atom. The second-order valence-corrected chi connectivity index (χ2v) is 3.04. The van der Waals surface area contributed by atoms with Gasteiger partial charge in [0.2, 0.25) is 0 Å². The molecule has 0 N–H and O–H groups in total. The largest absolute Gasteiger partial charge is 0.492 e. The summed E-state index contributed by atoms with van der Waals surface area (Å²) < 4.78 is 40.5. The molecule has 0 atom stereocenters. The van der Waals surface area contributed by atoms with Crippen molar-refractivity contribution in [2.24, 2.45) is 0 Å². The molecule has 0 radical (unpaired) electrons. The highest BCUT2D eigenvalue weighted by atomic mass is 19.4. The molecule has 0 unspecified atom stereocenters. The van der Waals surface area contributed by atoms with Crippen molar-refractivity contribution in [1.82, 2.24) is 4.90 Å². The highest BCUT2D eigenvalue weighted by molar-refractivity contribution is 6.58. The van der Waals surface area contributed by atoms with Crippen LogP contribution in [0.3, 0.4) is 0 Å². The minimum Gasteiger partial charge on any atom is -0.472 e. The fourth-order valence-electron chi connectivity index (χ4n) is 1.11. The summed E-state index contributed by atoms with van der Waals surface area (Å²) in [5.41, 5.74) is 0.752. The predicted molar refractivity (Wildman–Crippen MR) is 44.1 cm³/mol. The van der Waals surface area contributed by atoms with E-state index in [-0.39, 0.29) is 6.54 Å². The predicted octanol–water partition coefficient (Wildman–Crippen LogP) is 2.10. The van der Waals surface area contributed by atoms with Gasteiger partial charge >= 0.3 is 6.98 Å². The summed E-state index contributed by atoms with van der Waals surface area (Å²) in [5, 5.41) is 0. The molecule has 1 aromatic rings. The smallest absolute Gasteiger partial charge is 0.472 e. The summed E-state index contributed by atoms with van der Waals surface area (Å²) in [6, 6.07) is 1.65. The van der Waals surface area contributed by atoms with Crippen molar-refractivity contribution in [2.45, 2.75) is 6.54 Å². The monoisotopic (exact) mass is 192 g/mol. The third-order valence-electron chi connectivity index (χ3n) is 1.55. The molecule has 2 nitrogen and oxygen atoms in total. The highest BCUT2D eigenvalue weighted by Gasteiger charge is 2.24. The molecule has 1 aromatic heterocycles. The Hall–Kier alpha value is -0.905. The zero-order valence-corrected chi connectivity index (χ0v) is 7.21. The molecule has 13 heavy (non-hydrogen) atoms. The molecule has 0 aliphatic carbocycles. The molecule has 0 saturated carbocycles. The van der Waals surface area contributed by atoms with Gasteiger partial charge in [-0.15, -0.1) is 0 Å². The van der Waals surface area contributed by atoms with E-state index in [1.165, 1.54) is 24.5 Å². The van der Waals surface area contributed by atoms with Crippen LogP contribution in [0, 0.1) is 0 Å². The number of halogens is 3. The van der Waals surface area contributed by atoms with E-state index in [9.17, 15) is 12.9 Å². The minimum absolute atomic E-state index is 0.262. The number of rotatable bonds is 4.